The Bertz CT molecular complexity index is 663. The quantitative estimate of drug-likeness (QED) is 0.783. The molecule has 0 fully saturated rings. The van der Waals surface area contributed by atoms with E-state index in [-0.39, 0.29) is 11.9 Å². The van der Waals surface area contributed by atoms with Gasteiger partial charge in [0.05, 0.1) is 13.0 Å². The Morgan fingerprint density at radius 1 is 1.27 bits per heavy atom. The van der Waals surface area contributed by atoms with Crippen LogP contribution in [-0.4, -0.2) is 18.2 Å². The number of nitrogens with zero attached hydrogens (tertiary/aromatic N) is 1. The SMILES string of the molecule is COC(=O)C1CCCc2c(-c3ccc(Cl)cc3)noc2CC1. The van der Waals surface area contributed by atoms with Gasteiger partial charge in [-0.25, -0.2) is 0 Å². The van der Waals surface area contributed by atoms with Crippen molar-refractivity contribution < 1.29 is 14.1 Å². The van der Waals surface area contributed by atoms with Gasteiger partial charge in [0.1, 0.15) is 11.5 Å². The number of carbonyl (C=O) groups excluding carboxylic acids is 1. The summed E-state index contributed by atoms with van der Waals surface area (Å²) in [7, 11) is 1.44. The first kappa shape index (κ1) is 15.1. The molecule has 1 aromatic heterocycles. The smallest absolute Gasteiger partial charge is 0.308 e. The van der Waals surface area contributed by atoms with Crippen molar-refractivity contribution in [1.82, 2.24) is 5.16 Å². The summed E-state index contributed by atoms with van der Waals surface area (Å²) in [5.41, 5.74) is 3.06. The topological polar surface area (TPSA) is 52.3 Å². The van der Waals surface area contributed by atoms with Gasteiger partial charge in [-0.15, -0.1) is 0 Å². The summed E-state index contributed by atoms with van der Waals surface area (Å²) >= 11 is 5.94. The summed E-state index contributed by atoms with van der Waals surface area (Å²) < 4.78 is 10.4. The highest BCUT2D eigenvalue weighted by atomic mass is 35.5. The molecule has 0 spiro atoms. The minimum atomic E-state index is -0.124. The number of aromatic nitrogens is 1. The maximum atomic E-state index is 11.7. The van der Waals surface area contributed by atoms with E-state index < -0.39 is 0 Å². The predicted molar refractivity (Wildman–Crippen MR) is 83.7 cm³/mol. The number of methoxy groups -OCH3 is 1. The standard InChI is InChI=1S/C17H18ClNO3/c1-21-17(20)12-3-2-4-14-15(10-7-12)22-19-16(14)11-5-8-13(18)9-6-11/h5-6,8-9,12H,2-4,7,10H2,1H3. The second-order valence-corrected chi connectivity index (χ2v) is 6.03. The Labute approximate surface area is 134 Å². The van der Waals surface area contributed by atoms with Gasteiger partial charge in [0, 0.05) is 22.6 Å². The highest BCUT2D eigenvalue weighted by molar-refractivity contribution is 6.30. The van der Waals surface area contributed by atoms with Gasteiger partial charge >= 0.3 is 5.97 Å². The summed E-state index contributed by atoms with van der Waals surface area (Å²) in [5.74, 6) is 0.724. The van der Waals surface area contributed by atoms with E-state index >= 15 is 0 Å². The van der Waals surface area contributed by atoms with Crippen LogP contribution in [0.15, 0.2) is 28.8 Å². The normalized spacial score (nSPS) is 18.2. The van der Waals surface area contributed by atoms with Gasteiger partial charge in [-0.05, 0) is 37.8 Å². The van der Waals surface area contributed by atoms with E-state index in [1.54, 1.807) is 0 Å². The number of ether oxygens (including phenoxy) is 1. The van der Waals surface area contributed by atoms with Gasteiger partial charge in [-0.3, -0.25) is 4.79 Å². The highest BCUT2D eigenvalue weighted by Gasteiger charge is 2.25. The Hall–Kier alpha value is -1.81. The molecule has 1 aromatic carbocycles. The minimum absolute atomic E-state index is 0.0396. The van der Waals surface area contributed by atoms with Gasteiger partial charge in [-0.2, -0.15) is 0 Å². The van der Waals surface area contributed by atoms with E-state index in [4.69, 9.17) is 20.9 Å². The second kappa shape index (κ2) is 6.53. The summed E-state index contributed by atoms with van der Waals surface area (Å²) in [6.07, 6.45) is 4.10. The van der Waals surface area contributed by atoms with Gasteiger partial charge in [0.25, 0.3) is 0 Å². The van der Waals surface area contributed by atoms with Crippen molar-refractivity contribution in [2.75, 3.05) is 7.11 Å². The Morgan fingerprint density at radius 2 is 2.05 bits per heavy atom. The number of esters is 1. The maximum absolute atomic E-state index is 11.7. The van der Waals surface area contributed by atoms with Crippen molar-refractivity contribution >= 4 is 17.6 Å². The summed E-state index contributed by atoms with van der Waals surface area (Å²) in [6, 6.07) is 7.62. The Kier molecular flexibility index (Phi) is 4.48. The van der Waals surface area contributed by atoms with Crippen molar-refractivity contribution in [3.05, 3.63) is 40.6 Å². The van der Waals surface area contributed by atoms with Crippen LogP contribution in [0, 0.1) is 5.92 Å². The van der Waals surface area contributed by atoms with E-state index in [9.17, 15) is 4.79 Å². The average molecular weight is 320 g/mol. The fourth-order valence-corrected chi connectivity index (χ4v) is 3.14. The Morgan fingerprint density at radius 3 is 2.77 bits per heavy atom. The summed E-state index contributed by atoms with van der Waals surface area (Å²) in [6.45, 7) is 0. The number of hydrogen-bond acceptors (Lipinski definition) is 4. The van der Waals surface area contributed by atoms with Crippen LogP contribution in [0.5, 0.6) is 0 Å². The van der Waals surface area contributed by atoms with Crippen LogP contribution in [0.3, 0.4) is 0 Å². The molecule has 1 aliphatic rings. The zero-order chi connectivity index (χ0) is 15.5. The van der Waals surface area contributed by atoms with Gasteiger partial charge in [0.2, 0.25) is 0 Å². The lowest BCUT2D eigenvalue weighted by Gasteiger charge is -2.16. The molecule has 0 radical (unpaired) electrons. The lowest BCUT2D eigenvalue weighted by molar-refractivity contribution is -0.146. The molecule has 0 saturated heterocycles. The van der Waals surface area contributed by atoms with Crippen molar-refractivity contribution in [2.45, 2.75) is 32.1 Å². The molecule has 2 aromatic rings. The molecule has 0 N–H and O–H groups in total. The van der Waals surface area contributed by atoms with Crippen LogP contribution in [0.2, 0.25) is 5.02 Å². The molecule has 1 unspecified atom stereocenters. The molecule has 0 aliphatic heterocycles. The van der Waals surface area contributed by atoms with E-state index in [1.807, 2.05) is 24.3 Å². The molecule has 4 nitrogen and oxygen atoms in total. The number of rotatable bonds is 2. The van der Waals surface area contributed by atoms with Crippen molar-refractivity contribution in [2.24, 2.45) is 5.92 Å². The van der Waals surface area contributed by atoms with Crippen LogP contribution >= 0.6 is 11.6 Å². The molecule has 3 rings (SSSR count). The van der Waals surface area contributed by atoms with Gasteiger partial charge in [0.15, 0.2) is 0 Å². The number of hydrogen-bond donors (Lipinski definition) is 0. The number of benzene rings is 1. The zero-order valence-electron chi connectivity index (χ0n) is 12.5. The van der Waals surface area contributed by atoms with E-state index in [1.165, 1.54) is 7.11 Å². The first-order chi connectivity index (χ1) is 10.7. The number of halogens is 1. The second-order valence-electron chi connectivity index (χ2n) is 5.59. The molecule has 5 heteroatoms. The molecule has 1 aliphatic carbocycles. The lowest BCUT2D eigenvalue weighted by Crippen LogP contribution is -2.19. The van der Waals surface area contributed by atoms with Crippen molar-refractivity contribution in [3.63, 3.8) is 0 Å². The molecular formula is C17H18ClNO3. The monoisotopic (exact) mass is 319 g/mol. The number of fused-ring (bicyclic) bond motifs is 1. The van der Waals surface area contributed by atoms with Gasteiger partial charge in [-0.1, -0.05) is 28.9 Å². The van der Waals surface area contributed by atoms with Crippen LogP contribution in [0.1, 0.15) is 30.6 Å². The third-order valence-electron chi connectivity index (χ3n) is 4.22. The first-order valence-electron chi connectivity index (χ1n) is 7.50. The van der Waals surface area contributed by atoms with E-state index in [2.05, 4.69) is 5.16 Å². The van der Waals surface area contributed by atoms with Crippen LogP contribution in [0.4, 0.5) is 0 Å². The predicted octanol–water partition coefficient (Wildman–Crippen LogP) is 4.05. The molecule has 1 atom stereocenters. The van der Waals surface area contributed by atoms with Crippen LogP contribution in [-0.2, 0) is 22.4 Å². The Balaban J connectivity index is 1.85. The lowest BCUT2D eigenvalue weighted by atomic mass is 9.89. The molecule has 0 saturated carbocycles. The van der Waals surface area contributed by atoms with E-state index in [0.717, 1.165) is 54.7 Å². The fourth-order valence-electron chi connectivity index (χ4n) is 3.01. The van der Waals surface area contributed by atoms with Crippen molar-refractivity contribution in [1.29, 1.82) is 0 Å². The fraction of sp³-hybridized carbons (Fsp3) is 0.412. The van der Waals surface area contributed by atoms with Crippen molar-refractivity contribution in [3.8, 4) is 11.3 Å². The number of aryl methyl sites for hydroxylation is 1. The van der Waals surface area contributed by atoms with Crippen LogP contribution in [0.25, 0.3) is 11.3 Å². The zero-order valence-corrected chi connectivity index (χ0v) is 13.2. The molecule has 22 heavy (non-hydrogen) atoms. The third-order valence-corrected chi connectivity index (χ3v) is 4.47. The summed E-state index contributed by atoms with van der Waals surface area (Å²) in [4.78, 5) is 11.7. The number of carbonyl (C=O) groups is 1. The van der Waals surface area contributed by atoms with Crippen LogP contribution < -0.4 is 0 Å². The van der Waals surface area contributed by atoms with Gasteiger partial charge < -0.3 is 9.26 Å². The summed E-state index contributed by atoms with van der Waals surface area (Å²) in [5, 5.41) is 4.94. The molecule has 1 heterocycles. The minimum Gasteiger partial charge on any atom is -0.469 e. The molecule has 116 valence electrons. The largest absolute Gasteiger partial charge is 0.469 e. The van der Waals surface area contributed by atoms with E-state index in [0.29, 0.717) is 5.02 Å². The molecular weight excluding hydrogens is 302 g/mol. The first-order valence-corrected chi connectivity index (χ1v) is 7.88. The molecule has 0 amide bonds. The third kappa shape index (κ3) is 3.02. The highest BCUT2D eigenvalue weighted by Crippen LogP contribution is 2.32. The maximum Gasteiger partial charge on any atom is 0.308 e. The average Bonchev–Trinajstić information content (AvgIpc) is 2.89. The molecule has 0 bridgehead atoms.